The van der Waals surface area contributed by atoms with E-state index in [-0.39, 0.29) is 0 Å². The van der Waals surface area contributed by atoms with E-state index in [1.165, 1.54) is 30.6 Å². The van der Waals surface area contributed by atoms with Crippen molar-refractivity contribution in [3.63, 3.8) is 0 Å². The average Bonchev–Trinajstić information content (AvgIpc) is 2.91. The summed E-state index contributed by atoms with van der Waals surface area (Å²) in [7, 11) is 0. The second kappa shape index (κ2) is 6.75. The molecule has 0 radical (unpaired) electrons. The highest BCUT2D eigenvalue weighted by atomic mass is 35.5. The molecule has 5 heteroatoms. The van der Waals surface area contributed by atoms with Gasteiger partial charge in [-0.1, -0.05) is 18.6 Å². The minimum atomic E-state index is 0.325. The Morgan fingerprint density at radius 1 is 1.33 bits per heavy atom. The van der Waals surface area contributed by atoms with Crippen LogP contribution in [-0.4, -0.2) is 16.5 Å². The van der Waals surface area contributed by atoms with Crippen LogP contribution >= 0.6 is 22.9 Å². The van der Waals surface area contributed by atoms with E-state index in [0.717, 1.165) is 35.4 Å². The molecule has 112 valence electrons. The molecule has 1 aliphatic rings. The monoisotopic (exact) mass is 321 g/mol. The lowest BCUT2D eigenvalue weighted by Crippen LogP contribution is -2.06. The largest absolute Gasteiger partial charge is 0.369 e. The predicted octanol–water partition coefficient (Wildman–Crippen LogP) is 5.21. The summed E-state index contributed by atoms with van der Waals surface area (Å²) in [5.74, 6) is 0.873. The summed E-state index contributed by atoms with van der Waals surface area (Å²) in [4.78, 5) is 11.0. The number of fused-ring (bicyclic) bond motifs is 1. The number of anilines is 1. The van der Waals surface area contributed by atoms with E-state index in [1.807, 2.05) is 0 Å². The predicted molar refractivity (Wildman–Crippen MR) is 91.5 cm³/mol. The molecule has 0 spiro atoms. The van der Waals surface area contributed by atoms with E-state index in [9.17, 15) is 0 Å². The number of allylic oxidation sites excluding steroid dienone is 1. The quantitative estimate of drug-likeness (QED) is 0.607. The maximum Gasteiger partial charge on any atom is 0.225 e. The van der Waals surface area contributed by atoms with Crippen LogP contribution in [0.25, 0.3) is 10.2 Å². The number of hydrogen-bond donors (Lipinski definition) is 1. The molecule has 0 saturated heterocycles. The lowest BCUT2D eigenvalue weighted by Gasteiger charge is -2.13. The molecule has 2 aromatic heterocycles. The molecule has 0 atom stereocenters. The van der Waals surface area contributed by atoms with Crippen molar-refractivity contribution in [3.05, 3.63) is 27.9 Å². The van der Waals surface area contributed by atoms with Crippen molar-refractivity contribution in [2.75, 3.05) is 11.9 Å². The van der Waals surface area contributed by atoms with Crippen LogP contribution in [0.3, 0.4) is 0 Å². The summed E-state index contributed by atoms with van der Waals surface area (Å²) in [6, 6.07) is 2.18. The van der Waals surface area contributed by atoms with Gasteiger partial charge in [0.25, 0.3) is 0 Å². The van der Waals surface area contributed by atoms with Crippen molar-refractivity contribution in [1.82, 2.24) is 9.97 Å². The first-order chi connectivity index (χ1) is 10.3. The zero-order chi connectivity index (χ0) is 14.7. The molecule has 0 aromatic carbocycles. The summed E-state index contributed by atoms with van der Waals surface area (Å²) in [6.07, 6.45) is 9.67. The Bertz CT molecular complexity index is 663. The highest BCUT2D eigenvalue weighted by Crippen LogP contribution is 2.30. The minimum absolute atomic E-state index is 0.325. The number of thiophene rings is 1. The second-order valence-corrected chi connectivity index (χ2v) is 6.86. The maximum atomic E-state index is 6.04. The Kier molecular flexibility index (Phi) is 4.76. The van der Waals surface area contributed by atoms with Gasteiger partial charge in [0, 0.05) is 11.4 Å². The van der Waals surface area contributed by atoms with E-state index in [0.29, 0.717) is 5.28 Å². The topological polar surface area (TPSA) is 37.8 Å². The first kappa shape index (κ1) is 14.8. The van der Waals surface area contributed by atoms with Gasteiger partial charge in [0.05, 0.1) is 5.39 Å². The van der Waals surface area contributed by atoms with Crippen LogP contribution in [-0.2, 0) is 6.42 Å². The molecule has 0 bridgehead atoms. The third-order valence-corrected chi connectivity index (χ3v) is 5.23. The van der Waals surface area contributed by atoms with E-state index in [1.54, 1.807) is 16.9 Å². The summed E-state index contributed by atoms with van der Waals surface area (Å²) < 4.78 is 0. The van der Waals surface area contributed by atoms with Crippen LogP contribution < -0.4 is 5.32 Å². The standard InChI is InChI=1S/C16H20ClN3S/c1-2-12-10-13-14(19-16(17)20-15(13)21-12)18-9-8-11-6-4-3-5-7-11/h6,10H,2-5,7-9H2,1H3,(H,18,19,20). The summed E-state index contributed by atoms with van der Waals surface area (Å²) in [5.41, 5.74) is 1.57. The normalized spacial score (nSPS) is 15.2. The Morgan fingerprint density at radius 2 is 2.24 bits per heavy atom. The molecule has 0 fully saturated rings. The number of hydrogen-bond acceptors (Lipinski definition) is 4. The van der Waals surface area contributed by atoms with Crippen molar-refractivity contribution in [2.45, 2.75) is 45.4 Å². The van der Waals surface area contributed by atoms with Gasteiger partial charge in [0.15, 0.2) is 0 Å². The average molecular weight is 322 g/mol. The van der Waals surface area contributed by atoms with Crippen LogP contribution in [0.1, 0.15) is 43.9 Å². The van der Waals surface area contributed by atoms with Gasteiger partial charge in [-0.25, -0.2) is 9.97 Å². The first-order valence-electron chi connectivity index (χ1n) is 7.64. The Hall–Kier alpha value is -1.13. The summed E-state index contributed by atoms with van der Waals surface area (Å²) in [6.45, 7) is 3.06. The molecule has 3 nitrogen and oxygen atoms in total. The van der Waals surface area contributed by atoms with Crippen molar-refractivity contribution in [2.24, 2.45) is 0 Å². The SMILES string of the molecule is CCc1cc2c(NCCC3=CCCCC3)nc(Cl)nc2s1. The van der Waals surface area contributed by atoms with Crippen LogP contribution in [0.2, 0.25) is 5.28 Å². The van der Waals surface area contributed by atoms with Crippen LogP contribution in [0.4, 0.5) is 5.82 Å². The van der Waals surface area contributed by atoms with Gasteiger partial charge in [0.2, 0.25) is 5.28 Å². The summed E-state index contributed by atoms with van der Waals surface area (Å²) >= 11 is 7.74. The third-order valence-electron chi connectivity index (χ3n) is 3.89. The van der Waals surface area contributed by atoms with Gasteiger partial charge in [-0.15, -0.1) is 11.3 Å². The maximum absolute atomic E-state index is 6.04. The fourth-order valence-corrected chi connectivity index (χ4v) is 3.91. The van der Waals surface area contributed by atoms with Crippen molar-refractivity contribution < 1.29 is 0 Å². The number of aromatic nitrogens is 2. The highest BCUT2D eigenvalue weighted by Gasteiger charge is 2.11. The van der Waals surface area contributed by atoms with Crippen molar-refractivity contribution >= 4 is 39.0 Å². The van der Waals surface area contributed by atoms with Gasteiger partial charge in [-0.2, -0.15) is 0 Å². The van der Waals surface area contributed by atoms with Gasteiger partial charge < -0.3 is 5.32 Å². The highest BCUT2D eigenvalue weighted by molar-refractivity contribution is 7.18. The zero-order valence-electron chi connectivity index (χ0n) is 12.3. The fourth-order valence-electron chi connectivity index (χ4n) is 2.73. The van der Waals surface area contributed by atoms with Gasteiger partial charge in [-0.05, 0) is 56.2 Å². The number of rotatable bonds is 5. The van der Waals surface area contributed by atoms with Crippen molar-refractivity contribution in [3.8, 4) is 0 Å². The molecule has 2 heterocycles. The molecule has 0 amide bonds. The molecular weight excluding hydrogens is 302 g/mol. The number of halogens is 1. The minimum Gasteiger partial charge on any atom is -0.369 e. The fraction of sp³-hybridized carbons (Fsp3) is 0.500. The number of nitrogens with zero attached hydrogens (tertiary/aromatic N) is 2. The number of aryl methyl sites for hydroxylation is 1. The van der Waals surface area contributed by atoms with Gasteiger partial charge in [0.1, 0.15) is 10.6 Å². The Morgan fingerprint density at radius 3 is 3.00 bits per heavy atom. The van der Waals surface area contributed by atoms with E-state index < -0.39 is 0 Å². The Balaban J connectivity index is 1.73. The van der Waals surface area contributed by atoms with Crippen LogP contribution in [0, 0.1) is 0 Å². The van der Waals surface area contributed by atoms with Crippen molar-refractivity contribution in [1.29, 1.82) is 0 Å². The molecule has 1 N–H and O–H groups in total. The zero-order valence-corrected chi connectivity index (χ0v) is 13.9. The smallest absolute Gasteiger partial charge is 0.225 e. The van der Waals surface area contributed by atoms with E-state index >= 15 is 0 Å². The lowest BCUT2D eigenvalue weighted by molar-refractivity contribution is 0.679. The molecular formula is C16H20ClN3S. The van der Waals surface area contributed by atoms with Crippen LogP contribution in [0.5, 0.6) is 0 Å². The third kappa shape index (κ3) is 3.55. The first-order valence-corrected chi connectivity index (χ1v) is 8.83. The van der Waals surface area contributed by atoms with E-state index in [2.05, 4.69) is 34.4 Å². The van der Waals surface area contributed by atoms with Gasteiger partial charge in [-0.3, -0.25) is 0 Å². The molecule has 1 aliphatic carbocycles. The molecule has 3 rings (SSSR count). The number of nitrogens with one attached hydrogen (secondary N) is 1. The molecule has 2 aromatic rings. The molecule has 21 heavy (non-hydrogen) atoms. The molecule has 0 aliphatic heterocycles. The van der Waals surface area contributed by atoms with E-state index in [4.69, 9.17) is 11.6 Å². The Labute approximate surface area is 134 Å². The van der Waals surface area contributed by atoms with Crippen LogP contribution in [0.15, 0.2) is 17.7 Å². The summed E-state index contributed by atoms with van der Waals surface area (Å²) in [5, 5.41) is 4.87. The molecule has 0 saturated carbocycles. The lowest BCUT2D eigenvalue weighted by atomic mass is 9.97. The molecule has 0 unspecified atom stereocenters. The van der Waals surface area contributed by atoms with Gasteiger partial charge >= 0.3 is 0 Å². The second-order valence-electron chi connectivity index (χ2n) is 5.41.